The number of hydrogen-bond acceptors (Lipinski definition) is 5. The highest BCUT2D eigenvalue weighted by atomic mass is 16.5. The van der Waals surface area contributed by atoms with Gasteiger partial charge >= 0.3 is 0 Å². The van der Waals surface area contributed by atoms with E-state index in [0.717, 1.165) is 17.7 Å². The fourth-order valence-electron chi connectivity index (χ4n) is 1.44. The monoisotopic (exact) mass is 243 g/mol. The van der Waals surface area contributed by atoms with E-state index in [2.05, 4.69) is 16.2 Å². The van der Waals surface area contributed by atoms with Crippen LogP contribution in [0.25, 0.3) is 0 Å². The lowest BCUT2D eigenvalue weighted by Crippen LogP contribution is -1.97. The third kappa shape index (κ3) is 3.08. The van der Waals surface area contributed by atoms with Crippen molar-refractivity contribution in [3.63, 3.8) is 0 Å². The molecule has 92 valence electrons. The van der Waals surface area contributed by atoms with Crippen LogP contribution in [0, 0.1) is 11.3 Å². The molecule has 0 fully saturated rings. The van der Waals surface area contributed by atoms with Gasteiger partial charge in [0.25, 0.3) is 0 Å². The SMILES string of the molecule is CCc1nc(COc2ccc(CC#N)cc2)no1. The van der Waals surface area contributed by atoms with Crippen LogP contribution >= 0.6 is 0 Å². The van der Waals surface area contributed by atoms with Crippen molar-refractivity contribution in [2.45, 2.75) is 26.4 Å². The van der Waals surface area contributed by atoms with Crippen LogP contribution in [0.2, 0.25) is 0 Å². The predicted molar refractivity (Wildman–Crippen MR) is 63.8 cm³/mol. The maximum Gasteiger partial charge on any atom is 0.226 e. The van der Waals surface area contributed by atoms with Crippen LogP contribution in [0.15, 0.2) is 28.8 Å². The average Bonchev–Trinajstić information content (AvgIpc) is 2.86. The highest BCUT2D eigenvalue weighted by molar-refractivity contribution is 5.28. The van der Waals surface area contributed by atoms with E-state index < -0.39 is 0 Å². The summed E-state index contributed by atoms with van der Waals surface area (Å²) in [5, 5.41) is 12.4. The van der Waals surface area contributed by atoms with Gasteiger partial charge in [-0.05, 0) is 17.7 Å². The van der Waals surface area contributed by atoms with Gasteiger partial charge in [0.1, 0.15) is 5.75 Å². The molecule has 5 heteroatoms. The van der Waals surface area contributed by atoms with Gasteiger partial charge < -0.3 is 9.26 Å². The summed E-state index contributed by atoms with van der Waals surface area (Å²) >= 11 is 0. The molecule has 0 saturated heterocycles. The normalized spacial score (nSPS) is 10.0. The van der Waals surface area contributed by atoms with Crippen molar-refractivity contribution in [1.29, 1.82) is 5.26 Å². The van der Waals surface area contributed by atoms with E-state index in [9.17, 15) is 0 Å². The minimum absolute atomic E-state index is 0.279. The summed E-state index contributed by atoms with van der Waals surface area (Å²) in [6, 6.07) is 9.49. The van der Waals surface area contributed by atoms with Crippen LogP contribution in [0.4, 0.5) is 0 Å². The number of aryl methyl sites for hydroxylation is 1. The molecular weight excluding hydrogens is 230 g/mol. The van der Waals surface area contributed by atoms with Crippen molar-refractivity contribution < 1.29 is 9.26 Å². The molecule has 0 radical (unpaired) electrons. The predicted octanol–water partition coefficient (Wildman–Crippen LogP) is 2.28. The molecule has 0 bridgehead atoms. The van der Waals surface area contributed by atoms with Crippen LogP contribution in [-0.4, -0.2) is 10.1 Å². The molecule has 0 amide bonds. The quantitative estimate of drug-likeness (QED) is 0.805. The lowest BCUT2D eigenvalue weighted by Gasteiger charge is -2.03. The fourth-order valence-corrected chi connectivity index (χ4v) is 1.44. The first-order valence-electron chi connectivity index (χ1n) is 5.72. The second-order valence-electron chi connectivity index (χ2n) is 3.73. The molecule has 1 aromatic carbocycles. The molecule has 5 nitrogen and oxygen atoms in total. The van der Waals surface area contributed by atoms with Crippen molar-refractivity contribution in [1.82, 2.24) is 10.1 Å². The first-order chi connectivity index (χ1) is 8.81. The van der Waals surface area contributed by atoms with Crippen LogP contribution in [0.5, 0.6) is 5.75 Å². The lowest BCUT2D eigenvalue weighted by atomic mass is 10.2. The molecule has 0 atom stereocenters. The van der Waals surface area contributed by atoms with Gasteiger partial charge in [0.15, 0.2) is 6.61 Å². The van der Waals surface area contributed by atoms with Crippen LogP contribution in [0.3, 0.4) is 0 Å². The average molecular weight is 243 g/mol. The zero-order valence-corrected chi connectivity index (χ0v) is 10.1. The molecule has 1 heterocycles. The molecule has 1 aromatic heterocycles. The van der Waals surface area contributed by atoms with E-state index in [1.165, 1.54) is 0 Å². The van der Waals surface area contributed by atoms with Crippen molar-refractivity contribution in [3.8, 4) is 11.8 Å². The van der Waals surface area contributed by atoms with Crippen molar-refractivity contribution in [2.75, 3.05) is 0 Å². The summed E-state index contributed by atoms with van der Waals surface area (Å²) in [6.45, 7) is 2.23. The van der Waals surface area contributed by atoms with Crippen molar-refractivity contribution in [2.24, 2.45) is 0 Å². The summed E-state index contributed by atoms with van der Waals surface area (Å²) in [5.74, 6) is 1.87. The number of rotatable bonds is 5. The van der Waals surface area contributed by atoms with E-state index in [-0.39, 0.29) is 6.61 Å². The van der Waals surface area contributed by atoms with Gasteiger partial charge in [-0.15, -0.1) is 0 Å². The molecule has 2 aromatic rings. The Bertz CT molecular complexity index is 540. The molecule has 0 aliphatic carbocycles. The van der Waals surface area contributed by atoms with E-state index in [4.69, 9.17) is 14.5 Å². The summed E-state index contributed by atoms with van der Waals surface area (Å²) < 4.78 is 10.5. The Labute approximate surface area is 105 Å². The Kier molecular flexibility index (Phi) is 3.92. The minimum atomic E-state index is 0.279. The van der Waals surface area contributed by atoms with Gasteiger partial charge in [0.05, 0.1) is 12.5 Å². The van der Waals surface area contributed by atoms with E-state index in [1.807, 2.05) is 31.2 Å². The molecule has 18 heavy (non-hydrogen) atoms. The van der Waals surface area contributed by atoms with Gasteiger partial charge in [-0.1, -0.05) is 24.2 Å². The summed E-state index contributed by atoms with van der Waals surface area (Å²) in [4.78, 5) is 4.14. The fraction of sp³-hybridized carbons (Fsp3) is 0.308. The molecular formula is C13H13N3O2. The Morgan fingerprint density at radius 3 is 2.72 bits per heavy atom. The number of ether oxygens (including phenoxy) is 1. The Hall–Kier alpha value is -2.35. The molecule has 0 saturated carbocycles. The number of benzene rings is 1. The van der Waals surface area contributed by atoms with Gasteiger partial charge in [-0.3, -0.25) is 0 Å². The second-order valence-corrected chi connectivity index (χ2v) is 3.73. The van der Waals surface area contributed by atoms with E-state index in [1.54, 1.807) is 0 Å². The van der Waals surface area contributed by atoms with Crippen molar-refractivity contribution in [3.05, 3.63) is 41.5 Å². The lowest BCUT2D eigenvalue weighted by molar-refractivity contribution is 0.285. The smallest absolute Gasteiger partial charge is 0.226 e. The summed E-state index contributed by atoms with van der Waals surface area (Å²) in [5.41, 5.74) is 0.970. The Morgan fingerprint density at radius 1 is 1.33 bits per heavy atom. The van der Waals surface area contributed by atoms with E-state index >= 15 is 0 Å². The highest BCUT2D eigenvalue weighted by Gasteiger charge is 2.04. The van der Waals surface area contributed by atoms with Gasteiger partial charge in [0.2, 0.25) is 11.7 Å². The largest absolute Gasteiger partial charge is 0.485 e. The zero-order valence-electron chi connectivity index (χ0n) is 10.1. The summed E-state index contributed by atoms with van der Waals surface area (Å²) in [7, 11) is 0. The van der Waals surface area contributed by atoms with Gasteiger partial charge in [-0.25, -0.2) is 0 Å². The highest BCUT2D eigenvalue weighted by Crippen LogP contribution is 2.13. The maximum absolute atomic E-state index is 8.56. The summed E-state index contributed by atoms with van der Waals surface area (Å²) in [6.07, 6.45) is 1.13. The second kappa shape index (κ2) is 5.82. The minimum Gasteiger partial charge on any atom is -0.485 e. The molecule has 0 spiro atoms. The number of nitrogens with zero attached hydrogens (tertiary/aromatic N) is 3. The molecule has 0 aliphatic rings. The zero-order chi connectivity index (χ0) is 12.8. The standard InChI is InChI=1S/C13H13N3O2/c1-2-13-15-12(16-18-13)9-17-11-5-3-10(4-6-11)7-8-14/h3-6H,2,7,9H2,1H3. The maximum atomic E-state index is 8.56. The van der Waals surface area contributed by atoms with Crippen molar-refractivity contribution >= 4 is 0 Å². The molecule has 2 rings (SSSR count). The van der Waals surface area contributed by atoms with Crippen LogP contribution < -0.4 is 4.74 Å². The van der Waals surface area contributed by atoms with E-state index in [0.29, 0.717) is 18.1 Å². The number of aromatic nitrogens is 2. The third-order valence-corrected chi connectivity index (χ3v) is 2.39. The third-order valence-electron chi connectivity index (χ3n) is 2.39. The number of hydrogen-bond donors (Lipinski definition) is 0. The van der Waals surface area contributed by atoms with Gasteiger partial charge in [-0.2, -0.15) is 10.2 Å². The Balaban J connectivity index is 1.91. The number of nitriles is 1. The topological polar surface area (TPSA) is 71.9 Å². The molecule has 0 unspecified atom stereocenters. The van der Waals surface area contributed by atoms with Gasteiger partial charge in [0, 0.05) is 6.42 Å². The first-order valence-corrected chi connectivity index (χ1v) is 5.72. The first kappa shape index (κ1) is 12.1. The van der Waals surface area contributed by atoms with Crippen LogP contribution in [-0.2, 0) is 19.4 Å². The Morgan fingerprint density at radius 2 is 2.11 bits per heavy atom. The van der Waals surface area contributed by atoms with Crippen LogP contribution in [0.1, 0.15) is 24.2 Å². The molecule has 0 N–H and O–H groups in total. The molecule has 0 aliphatic heterocycles.